The molecule has 6 heteroatoms. The van der Waals surface area contributed by atoms with Crippen LogP contribution in [0.1, 0.15) is 26.3 Å². The predicted octanol–water partition coefficient (Wildman–Crippen LogP) is 2.36. The van der Waals surface area contributed by atoms with E-state index in [1.807, 2.05) is 21.0 Å². The smallest absolute Gasteiger partial charge is 0.191 e. The number of halogens is 2. The van der Waals surface area contributed by atoms with Crippen LogP contribution >= 0.6 is 0 Å². The number of likely N-dealkylation sites (N-methyl/N-ethyl adjacent to an activating group) is 1. The van der Waals surface area contributed by atoms with Gasteiger partial charge in [0.2, 0.25) is 0 Å². The van der Waals surface area contributed by atoms with E-state index in [0.717, 1.165) is 12.1 Å². The van der Waals surface area contributed by atoms with Gasteiger partial charge in [-0.1, -0.05) is 0 Å². The van der Waals surface area contributed by atoms with Gasteiger partial charge in [0.1, 0.15) is 11.6 Å². The number of nitrogens with one attached hydrogen (secondary N) is 2. The highest BCUT2D eigenvalue weighted by Crippen LogP contribution is 2.11. The van der Waals surface area contributed by atoms with Gasteiger partial charge in [0.25, 0.3) is 0 Å². The molecule has 0 unspecified atom stereocenters. The molecule has 1 aromatic rings. The van der Waals surface area contributed by atoms with Gasteiger partial charge < -0.3 is 15.5 Å². The molecule has 0 saturated heterocycles. The van der Waals surface area contributed by atoms with Crippen LogP contribution in [0.15, 0.2) is 23.2 Å². The average Bonchev–Trinajstić information content (AvgIpc) is 2.45. The van der Waals surface area contributed by atoms with Crippen LogP contribution in [-0.4, -0.2) is 43.6 Å². The molecular formula is C16H26F2N4. The van der Waals surface area contributed by atoms with Crippen LogP contribution in [0.5, 0.6) is 0 Å². The average molecular weight is 312 g/mol. The Morgan fingerprint density at radius 2 is 1.91 bits per heavy atom. The van der Waals surface area contributed by atoms with Crippen molar-refractivity contribution in [3.8, 4) is 0 Å². The van der Waals surface area contributed by atoms with E-state index in [4.69, 9.17) is 0 Å². The molecule has 0 aliphatic rings. The number of guanidine groups is 1. The van der Waals surface area contributed by atoms with E-state index in [9.17, 15) is 8.78 Å². The SMILES string of the molecule is CCNC(=NCc1cc(F)ccc1F)NCC(C)(C)N(C)C. The molecular weight excluding hydrogens is 286 g/mol. The van der Waals surface area contributed by atoms with Crippen molar-refractivity contribution in [1.82, 2.24) is 15.5 Å². The minimum Gasteiger partial charge on any atom is -0.357 e. The van der Waals surface area contributed by atoms with E-state index in [-0.39, 0.29) is 17.6 Å². The first-order valence-corrected chi connectivity index (χ1v) is 7.40. The molecule has 0 aliphatic carbocycles. The summed E-state index contributed by atoms with van der Waals surface area (Å²) in [6.07, 6.45) is 0. The molecule has 1 aromatic carbocycles. The van der Waals surface area contributed by atoms with Gasteiger partial charge in [-0.3, -0.25) is 0 Å². The molecule has 0 amide bonds. The second-order valence-corrected chi connectivity index (χ2v) is 5.99. The largest absolute Gasteiger partial charge is 0.357 e. The zero-order valence-electron chi connectivity index (χ0n) is 14.0. The predicted molar refractivity (Wildman–Crippen MR) is 86.9 cm³/mol. The topological polar surface area (TPSA) is 39.7 Å². The molecule has 0 radical (unpaired) electrons. The fourth-order valence-electron chi connectivity index (χ4n) is 1.63. The third-order valence-corrected chi connectivity index (χ3v) is 3.66. The monoisotopic (exact) mass is 312 g/mol. The minimum atomic E-state index is -0.460. The van der Waals surface area contributed by atoms with Crippen LogP contribution in [0.4, 0.5) is 8.78 Å². The number of hydrogen-bond donors (Lipinski definition) is 2. The molecule has 4 nitrogen and oxygen atoms in total. The lowest BCUT2D eigenvalue weighted by molar-refractivity contribution is 0.197. The Bertz CT molecular complexity index is 513. The molecule has 22 heavy (non-hydrogen) atoms. The maximum Gasteiger partial charge on any atom is 0.191 e. The second-order valence-electron chi connectivity index (χ2n) is 5.99. The Balaban J connectivity index is 2.75. The highest BCUT2D eigenvalue weighted by Gasteiger charge is 2.20. The van der Waals surface area contributed by atoms with Gasteiger partial charge in [-0.25, -0.2) is 13.8 Å². The summed E-state index contributed by atoms with van der Waals surface area (Å²) in [7, 11) is 4.02. The van der Waals surface area contributed by atoms with Gasteiger partial charge in [-0.05, 0) is 53.1 Å². The number of hydrogen-bond acceptors (Lipinski definition) is 2. The zero-order valence-corrected chi connectivity index (χ0v) is 14.0. The Morgan fingerprint density at radius 3 is 2.50 bits per heavy atom. The van der Waals surface area contributed by atoms with E-state index in [1.165, 1.54) is 6.07 Å². The first-order chi connectivity index (χ1) is 10.3. The number of nitrogens with zero attached hydrogens (tertiary/aromatic N) is 2. The lowest BCUT2D eigenvalue weighted by Gasteiger charge is -2.33. The number of benzene rings is 1. The summed E-state index contributed by atoms with van der Waals surface area (Å²) >= 11 is 0. The summed E-state index contributed by atoms with van der Waals surface area (Å²) in [6, 6.07) is 3.40. The number of rotatable bonds is 6. The van der Waals surface area contributed by atoms with Crippen LogP contribution in [0.3, 0.4) is 0 Å². The lowest BCUT2D eigenvalue weighted by atomic mass is 10.0. The van der Waals surface area contributed by atoms with Gasteiger partial charge in [-0.15, -0.1) is 0 Å². The van der Waals surface area contributed by atoms with E-state index in [2.05, 4.69) is 34.4 Å². The summed E-state index contributed by atoms with van der Waals surface area (Å²) in [5.41, 5.74) is 0.185. The molecule has 0 atom stereocenters. The maximum absolute atomic E-state index is 13.6. The first-order valence-electron chi connectivity index (χ1n) is 7.40. The van der Waals surface area contributed by atoms with E-state index in [0.29, 0.717) is 19.0 Å². The molecule has 0 spiro atoms. The zero-order chi connectivity index (χ0) is 16.8. The summed E-state index contributed by atoms with van der Waals surface area (Å²) < 4.78 is 26.8. The van der Waals surface area contributed by atoms with Crippen molar-refractivity contribution in [2.24, 2.45) is 4.99 Å². The van der Waals surface area contributed by atoms with Crippen molar-refractivity contribution in [3.63, 3.8) is 0 Å². The Morgan fingerprint density at radius 1 is 1.23 bits per heavy atom. The molecule has 2 N–H and O–H groups in total. The van der Waals surface area contributed by atoms with Gasteiger partial charge in [-0.2, -0.15) is 0 Å². The molecule has 0 saturated carbocycles. The molecule has 0 heterocycles. The van der Waals surface area contributed by atoms with Gasteiger partial charge >= 0.3 is 0 Å². The van der Waals surface area contributed by atoms with Crippen molar-refractivity contribution >= 4 is 5.96 Å². The van der Waals surface area contributed by atoms with Crippen molar-refractivity contribution in [3.05, 3.63) is 35.4 Å². The fraction of sp³-hybridized carbons (Fsp3) is 0.562. The number of aliphatic imine (C=N–C) groups is 1. The fourth-order valence-corrected chi connectivity index (χ4v) is 1.63. The summed E-state index contributed by atoms with van der Waals surface area (Å²) in [6.45, 7) is 7.63. The first kappa shape index (κ1) is 18.4. The van der Waals surface area contributed by atoms with Crippen LogP contribution in [0.2, 0.25) is 0 Å². The van der Waals surface area contributed by atoms with E-state index < -0.39 is 11.6 Å². The molecule has 0 fully saturated rings. The molecule has 1 rings (SSSR count). The Hall–Kier alpha value is -1.69. The standard InChI is InChI=1S/C16H26F2N4/c1-6-19-15(21-11-16(2,3)22(4)5)20-10-12-9-13(17)7-8-14(12)18/h7-9H,6,10-11H2,1-5H3,(H2,19,20,21). The van der Waals surface area contributed by atoms with Gasteiger partial charge in [0, 0.05) is 24.2 Å². The Labute approximate surface area is 131 Å². The molecule has 0 aromatic heterocycles. The lowest BCUT2D eigenvalue weighted by Crippen LogP contribution is -2.50. The van der Waals surface area contributed by atoms with Crippen molar-refractivity contribution in [2.75, 3.05) is 27.2 Å². The quantitative estimate of drug-likeness (QED) is 0.626. The minimum absolute atomic E-state index is 0.0553. The third-order valence-electron chi connectivity index (χ3n) is 3.66. The Kier molecular flexibility index (Phi) is 6.74. The highest BCUT2D eigenvalue weighted by molar-refractivity contribution is 5.79. The van der Waals surface area contributed by atoms with Gasteiger partial charge in [0.15, 0.2) is 5.96 Å². The van der Waals surface area contributed by atoms with Crippen LogP contribution < -0.4 is 10.6 Å². The van der Waals surface area contributed by atoms with Crippen molar-refractivity contribution in [1.29, 1.82) is 0 Å². The van der Waals surface area contributed by atoms with Crippen molar-refractivity contribution < 1.29 is 8.78 Å². The van der Waals surface area contributed by atoms with E-state index in [1.54, 1.807) is 0 Å². The maximum atomic E-state index is 13.6. The molecule has 124 valence electrons. The van der Waals surface area contributed by atoms with Crippen LogP contribution in [-0.2, 0) is 6.54 Å². The second kappa shape index (κ2) is 8.08. The highest BCUT2D eigenvalue weighted by atomic mass is 19.1. The van der Waals surface area contributed by atoms with E-state index >= 15 is 0 Å². The molecule has 0 bridgehead atoms. The van der Waals surface area contributed by atoms with Crippen LogP contribution in [0.25, 0.3) is 0 Å². The summed E-state index contributed by atoms with van der Waals surface area (Å²) in [5.74, 6) is -0.325. The normalized spacial score (nSPS) is 12.6. The van der Waals surface area contributed by atoms with Crippen LogP contribution in [0, 0.1) is 11.6 Å². The third kappa shape index (κ3) is 5.60. The summed E-state index contributed by atoms with van der Waals surface area (Å²) in [4.78, 5) is 6.42. The summed E-state index contributed by atoms with van der Waals surface area (Å²) in [5, 5.41) is 6.33. The molecule has 0 aliphatic heterocycles. The van der Waals surface area contributed by atoms with Gasteiger partial charge in [0.05, 0.1) is 6.54 Å². The van der Waals surface area contributed by atoms with Crippen molar-refractivity contribution in [2.45, 2.75) is 32.9 Å².